The fourth-order valence-corrected chi connectivity index (χ4v) is 3.33. The Kier molecular flexibility index (Phi) is 3.99. The summed E-state index contributed by atoms with van der Waals surface area (Å²) >= 11 is 1.15. The summed E-state index contributed by atoms with van der Waals surface area (Å²) in [5.41, 5.74) is 8.50. The summed E-state index contributed by atoms with van der Waals surface area (Å²) in [5.74, 6) is 0.288. The summed E-state index contributed by atoms with van der Waals surface area (Å²) < 4.78 is 15.0. The third-order valence-electron chi connectivity index (χ3n) is 3.76. The van der Waals surface area contributed by atoms with E-state index in [0.29, 0.717) is 33.3 Å². The maximum atomic E-state index is 14.6. The molecule has 0 amide bonds. The highest BCUT2D eigenvalue weighted by molar-refractivity contribution is 7.22. The van der Waals surface area contributed by atoms with Crippen LogP contribution in [-0.2, 0) is 6.54 Å². The van der Waals surface area contributed by atoms with Gasteiger partial charge in [-0.2, -0.15) is 0 Å². The van der Waals surface area contributed by atoms with E-state index in [1.807, 2.05) is 30.3 Å². The first-order valence-corrected chi connectivity index (χ1v) is 8.47. The first kappa shape index (κ1) is 15.5. The molecule has 2 heterocycles. The minimum atomic E-state index is -0.300. The largest absolute Gasteiger partial charge is 0.375 e. The summed E-state index contributed by atoms with van der Waals surface area (Å²) in [6, 6.07) is 13.3. The number of nitrogens with one attached hydrogen (secondary N) is 1. The second-order valence-corrected chi connectivity index (χ2v) is 6.48. The van der Waals surface area contributed by atoms with Crippen LogP contribution >= 0.6 is 11.3 Å². The topological polar surface area (TPSA) is 76.7 Å². The van der Waals surface area contributed by atoms with Crippen molar-refractivity contribution in [3.63, 3.8) is 0 Å². The first-order valence-electron chi connectivity index (χ1n) is 7.65. The molecule has 0 bridgehead atoms. The lowest BCUT2D eigenvalue weighted by Crippen LogP contribution is -2.04. The third kappa shape index (κ3) is 3.14. The number of aromatic nitrogens is 3. The maximum absolute atomic E-state index is 14.6. The van der Waals surface area contributed by atoms with E-state index in [1.54, 1.807) is 24.5 Å². The predicted molar refractivity (Wildman–Crippen MR) is 98.8 cm³/mol. The molecule has 0 aliphatic carbocycles. The monoisotopic (exact) mass is 351 g/mol. The number of benzene rings is 2. The van der Waals surface area contributed by atoms with Crippen molar-refractivity contribution in [2.75, 3.05) is 11.1 Å². The molecule has 7 heteroatoms. The Hall–Kier alpha value is -3.06. The molecule has 2 aromatic heterocycles. The average Bonchev–Trinajstić information content (AvgIpc) is 3.04. The van der Waals surface area contributed by atoms with Crippen molar-refractivity contribution >= 4 is 32.5 Å². The molecule has 3 N–H and O–H groups in total. The number of anilines is 2. The number of rotatable bonds is 4. The second kappa shape index (κ2) is 6.45. The molecule has 0 spiro atoms. The minimum Gasteiger partial charge on any atom is -0.375 e. The Labute approximate surface area is 147 Å². The molecule has 25 heavy (non-hydrogen) atoms. The highest BCUT2D eigenvalue weighted by atomic mass is 32.1. The molecule has 0 fully saturated rings. The van der Waals surface area contributed by atoms with Gasteiger partial charge in [0, 0.05) is 17.7 Å². The van der Waals surface area contributed by atoms with Crippen molar-refractivity contribution in [1.29, 1.82) is 0 Å². The van der Waals surface area contributed by atoms with Crippen LogP contribution in [0, 0.1) is 5.82 Å². The summed E-state index contributed by atoms with van der Waals surface area (Å²) in [6.07, 6.45) is 3.32. The van der Waals surface area contributed by atoms with Gasteiger partial charge in [-0.3, -0.25) is 4.98 Å². The van der Waals surface area contributed by atoms with Crippen molar-refractivity contribution in [3.8, 4) is 11.3 Å². The van der Waals surface area contributed by atoms with Gasteiger partial charge in [0.1, 0.15) is 11.6 Å². The number of halogens is 1. The van der Waals surface area contributed by atoms with Crippen LogP contribution in [0.3, 0.4) is 0 Å². The molecule has 2 aromatic carbocycles. The smallest absolute Gasteiger partial charge is 0.181 e. The van der Waals surface area contributed by atoms with Gasteiger partial charge in [0.25, 0.3) is 0 Å². The Balaban J connectivity index is 1.57. The Morgan fingerprint density at radius 2 is 1.88 bits per heavy atom. The predicted octanol–water partition coefficient (Wildman–Crippen LogP) is 4.09. The first-order chi connectivity index (χ1) is 12.2. The van der Waals surface area contributed by atoms with E-state index in [9.17, 15) is 4.39 Å². The molecule has 0 saturated carbocycles. The third-order valence-corrected chi connectivity index (χ3v) is 4.65. The van der Waals surface area contributed by atoms with Crippen molar-refractivity contribution in [1.82, 2.24) is 15.0 Å². The Bertz CT molecular complexity index is 1030. The van der Waals surface area contributed by atoms with Crippen molar-refractivity contribution in [2.45, 2.75) is 6.54 Å². The number of hydrogen-bond donors (Lipinski definition) is 2. The lowest BCUT2D eigenvalue weighted by Gasteiger charge is -2.08. The highest BCUT2D eigenvalue weighted by Crippen LogP contribution is 2.28. The Morgan fingerprint density at radius 3 is 2.72 bits per heavy atom. The maximum Gasteiger partial charge on any atom is 0.181 e. The quantitative estimate of drug-likeness (QED) is 0.579. The van der Waals surface area contributed by atoms with E-state index < -0.39 is 0 Å². The molecule has 0 aliphatic rings. The zero-order chi connectivity index (χ0) is 17.2. The number of thiazole rings is 1. The van der Waals surface area contributed by atoms with Crippen molar-refractivity contribution < 1.29 is 4.39 Å². The number of fused-ring (bicyclic) bond motifs is 1. The molecule has 0 aliphatic heterocycles. The van der Waals surface area contributed by atoms with Crippen LogP contribution in [0.15, 0.2) is 54.9 Å². The molecule has 124 valence electrons. The average molecular weight is 351 g/mol. The van der Waals surface area contributed by atoms with Gasteiger partial charge in [-0.1, -0.05) is 47.7 Å². The second-order valence-electron chi connectivity index (χ2n) is 5.45. The Morgan fingerprint density at radius 1 is 1.04 bits per heavy atom. The van der Waals surface area contributed by atoms with Crippen molar-refractivity contribution in [3.05, 3.63) is 66.2 Å². The summed E-state index contributed by atoms with van der Waals surface area (Å²) in [5, 5.41) is 3.48. The van der Waals surface area contributed by atoms with Gasteiger partial charge in [-0.15, -0.1) is 0 Å². The number of hydrogen-bond acceptors (Lipinski definition) is 6. The number of nitrogen functional groups attached to an aromatic ring is 1. The number of nitrogens with two attached hydrogens (primary N) is 1. The molecule has 4 aromatic rings. The fourth-order valence-electron chi connectivity index (χ4n) is 2.54. The standard InChI is InChI=1S/C18H14FN5S/c19-16-12(6-7-13-17(16)25-18(20)24-13)8-22-15-10-21-9-14(23-15)11-4-2-1-3-5-11/h1-7,9-10H,8H2,(H2,20,24)(H,22,23). The van der Waals surface area contributed by atoms with Gasteiger partial charge in [0.05, 0.1) is 28.3 Å². The molecular weight excluding hydrogens is 337 g/mol. The lowest BCUT2D eigenvalue weighted by atomic mass is 10.2. The summed E-state index contributed by atoms with van der Waals surface area (Å²) in [6.45, 7) is 0.298. The zero-order valence-corrected chi connectivity index (χ0v) is 13.9. The SMILES string of the molecule is Nc1nc2ccc(CNc3cncc(-c4ccccc4)n3)c(F)c2s1. The normalized spacial score (nSPS) is 10.9. The molecule has 0 saturated heterocycles. The van der Waals surface area contributed by atoms with Gasteiger partial charge in [0.2, 0.25) is 0 Å². The summed E-state index contributed by atoms with van der Waals surface area (Å²) in [7, 11) is 0. The van der Waals surface area contributed by atoms with Crippen molar-refractivity contribution in [2.24, 2.45) is 0 Å². The van der Waals surface area contributed by atoms with Crippen LogP contribution in [0.5, 0.6) is 0 Å². The summed E-state index contributed by atoms with van der Waals surface area (Å²) in [4.78, 5) is 12.8. The van der Waals surface area contributed by atoms with Crippen LogP contribution in [0.4, 0.5) is 15.3 Å². The van der Waals surface area contributed by atoms with Crippen LogP contribution in [0.25, 0.3) is 21.5 Å². The zero-order valence-electron chi connectivity index (χ0n) is 13.1. The molecule has 5 nitrogen and oxygen atoms in total. The molecular formula is C18H14FN5S. The lowest BCUT2D eigenvalue weighted by molar-refractivity contribution is 0.626. The van der Waals surface area contributed by atoms with Crippen LogP contribution < -0.4 is 11.1 Å². The van der Waals surface area contributed by atoms with Gasteiger partial charge in [-0.25, -0.2) is 14.4 Å². The van der Waals surface area contributed by atoms with Gasteiger partial charge >= 0.3 is 0 Å². The van der Waals surface area contributed by atoms with Crippen LogP contribution in [0.1, 0.15) is 5.56 Å². The minimum absolute atomic E-state index is 0.298. The van der Waals surface area contributed by atoms with E-state index in [1.165, 1.54) is 0 Å². The molecule has 0 unspecified atom stereocenters. The molecule has 0 atom stereocenters. The fraction of sp³-hybridized carbons (Fsp3) is 0.0556. The van der Waals surface area contributed by atoms with Crippen LogP contribution in [-0.4, -0.2) is 15.0 Å². The van der Waals surface area contributed by atoms with E-state index in [-0.39, 0.29) is 5.82 Å². The highest BCUT2D eigenvalue weighted by Gasteiger charge is 2.11. The van der Waals surface area contributed by atoms with Crippen LogP contribution in [0.2, 0.25) is 0 Å². The van der Waals surface area contributed by atoms with Gasteiger partial charge < -0.3 is 11.1 Å². The van der Waals surface area contributed by atoms with E-state index in [0.717, 1.165) is 22.6 Å². The molecule has 4 rings (SSSR count). The number of nitrogens with zero attached hydrogens (tertiary/aromatic N) is 3. The van der Waals surface area contributed by atoms with E-state index in [4.69, 9.17) is 5.73 Å². The molecule has 0 radical (unpaired) electrons. The van der Waals surface area contributed by atoms with Gasteiger partial charge in [-0.05, 0) is 6.07 Å². The van der Waals surface area contributed by atoms with E-state index in [2.05, 4.69) is 20.3 Å². The van der Waals surface area contributed by atoms with E-state index >= 15 is 0 Å². The van der Waals surface area contributed by atoms with Gasteiger partial charge in [0.15, 0.2) is 5.13 Å².